The third-order valence-corrected chi connectivity index (χ3v) is 6.48. The molecule has 0 aliphatic carbocycles. The van der Waals surface area contributed by atoms with Gasteiger partial charge in [-0.1, -0.05) is 52.3 Å². The van der Waals surface area contributed by atoms with E-state index in [0.29, 0.717) is 23.6 Å². The average molecular weight is 494 g/mol. The summed E-state index contributed by atoms with van der Waals surface area (Å²) in [6.07, 6.45) is 0.0900. The normalized spacial score (nSPS) is 19.9. The van der Waals surface area contributed by atoms with Crippen LogP contribution in [0.1, 0.15) is 41.4 Å². The standard InChI is InChI=1S/C26H24BrNO4/c1-26(2)24-23(31-24)20-13-12-17(21(30-3)22(20)32-26)15-28(19-11-7-10-18(27)14-19)25(29)16-8-5-4-6-9-16/h4-14,23-24H,15H2,1-3H3/t23-,24-/m1/s1. The van der Waals surface area contributed by atoms with Gasteiger partial charge in [0.1, 0.15) is 17.8 Å². The van der Waals surface area contributed by atoms with Gasteiger partial charge in [-0.3, -0.25) is 4.79 Å². The molecule has 2 aliphatic heterocycles. The van der Waals surface area contributed by atoms with Crippen molar-refractivity contribution in [2.45, 2.75) is 38.2 Å². The highest BCUT2D eigenvalue weighted by Crippen LogP contribution is 2.56. The molecule has 5 nitrogen and oxygen atoms in total. The largest absolute Gasteiger partial charge is 0.492 e. The lowest BCUT2D eigenvalue weighted by molar-refractivity contribution is 0.0690. The Hall–Kier alpha value is -2.83. The molecule has 2 atom stereocenters. The fourth-order valence-corrected chi connectivity index (χ4v) is 4.71. The summed E-state index contributed by atoms with van der Waals surface area (Å²) in [5.74, 6) is 1.26. The van der Waals surface area contributed by atoms with Crippen molar-refractivity contribution in [3.05, 3.63) is 87.9 Å². The van der Waals surface area contributed by atoms with Crippen molar-refractivity contribution in [2.75, 3.05) is 12.0 Å². The van der Waals surface area contributed by atoms with Gasteiger partial charge in [-0.2, -0.15) is 0 Å². The molecule has 0 unspecified atom stereocenters. The maximum atomic E-state index is 13.5. The Morgan fingerprint density at radius 2 is 1.88 bits per heavy atom. The summed E-state index contributed by atoms with van der Waals surface area (Å²) in [6, 6.07) is 21.1. The first-order valence-electron chi connectivity index (χ1n) is 10.6. The predicted molar refractivity (Wildman–Crippen MR) is 126 cm³/mol. The Morgan fingerprint density at radius 1 is 1.09 bits per heavy atom. The molecule has 0 N–H and O–H groups in total. The molecule has 6 heteroatoms. The number of carbonyl (C=O) groups is 1. The number of hydrogen-bond acceptors (Lipinski definition) is 4. The van der Waals surface area contributed by atoms with Crippen LogP contribution in [0.5, 0.6) is 11.5 Å². The van der Waals surface area contributed by atoms with Crippen LogP contribution in [0, 0.1) is 0 Å². The second kappa shape index (κ2) is 7.94. The van der Waals surface area contributed by atoms with Crippen molar-refractivity contribution in [3.8, 4) is 11.5 Å². The van der Waals surface area contributed by atoms with E-state index in [1.165, 1.54) is 0 Å². The van der Waals surface area contributed by atoms with E-state index in [9.17, 15) is 4.79 Å². The quantitative estimate of drug-likeness (QED) is 0.414. The summed E-state index contributed by atoms with van der Waals surface area (Å²) in [6.45, 7) is 4.39. The lowest BCUT2D eigenvalue weighted by atomic mass is 9.93. The smallest absolute Gasteiger partial charge is 0.258 e. The Morgan fingerprint density at radius 3 is 2.59 bits per heavy atom. The number of methoxy groups -OCH3 is 1. The Balaban J connectivity index is 1.56. The number of ether oxygens (including phenoxy) is 3. The fraction of sp³-hybridized carbons (Fsp3) is 0.269. The molecule has 2 aliphatic rings. The summed E-state index contributed by atoms with van der Waals surface area (Å²) >= 11 is 3.53. The first kappa shape index (κ1) is 21.0. The number of amides is 1. The molecule has 2 heterocycles. The fourth-order valence-electron chi connectivity index (χ4n) is 4.33. The van der Waals surface area contributed by atoms with Gasteiger partial charge in [0.2, 0.25) is 0 Å². The van der Waals surface area contributed by atoms with Crippen molar-refractivity contribution < 1.29 is 19.0 Å². The highest BCUT2D eigenvalue weighted by Gasteiger charge is 2.57. The predicted octanol–water partition coefficient (Wildman–Crippen LogP) is 5.92. The van der Waals surface area contributed by atoms with Gasteiger partial charge >= 0.3 is 0 Å². The molecule has 0 aromatic heterocycles. The van der Waals surface area contributed by atoms with Gasteiger partial charge in [0, 0.05) is 26.9 Å². The van der Waals surface area contributed by atoms with Crippen LogP contribution in [0.3, 0.4) is 0 Å². The van der Waals surface area contributed by atoms with Gasteiger partial charge in [-0.25, -0.2) is 0 Å². The minimum atomic E-state index is -0.437. The number of carbonyl (C=O) groups excluding carboxylic acids is 1. The number of hydrogen-bond donors (Lipinski definition) is 0. The lowest BCUT2D eigenvalue weighted by Gasteiger charge is -2.32. The number of rotatable bonds is 5. The molecule has 5 rings (SSSR count). The zero-order chi connectivity index (χ0) is 22.5. The highest BCUT2D eigenvalue weighted by molar-refractivity contribution is 9.10. The minimum Gasteiger partial charge on any atom is -0.492 e. The van der Waals surface area contributed by atoms with E-state index in [1.807, 2.05) is 80.6 Å². The molecule has 1 fully saturated rings. The maximum Gasteiger partial charge on any atom is 0.258 e. The Labute approximate surface area is 196 Å². The first-order valence-corrected chi connectivity index (χ1v) is 11.3. The Bertz CT molecular complexity index is 1180. The molecular formula is C26H24BrNO4. The van der Waals surface area contributed by atoms with Crippen LogP contribution in [-0.2, 0) is 11.3 Å². The third-order valence-electron chi connectivity index (χ3n) is 5.99. The minimum absolute atomic E-state index is 0.0313. The molecular weight excluding hydrogens is 470 g/mol. The molecule has 1 amide bonds. The molecule has 32 heavy (non-hydrogen) atoms. The SMILES string of the molecule is COc1c(CN(C(=O)c2ccccc2)c2cccc(Br)c2)ccc2c1OC(C)(C)[C@@H]1O[C@H]21. The molecule has 3 aromatic rings. The van der Waals surface area contributed by atoms with Crippen LogP contribution >= 0.6 is 15.9 Å². The van der Waals surface area contributed by atoms with Gasteiger partial charge in [-0.15, -0.1) is 0 Å². The number of fused-ring (bicyclic) bond motifs is 3. The lowest BCUT2D eigenvalue weighted by Crippen LogP contribution is -2.38. The van der Waals surface area contributed by atoms with Crippen molar-refractivity contribution in [2.24, 2.45) is 0 Å². The van der Waals surface area contributed by atoms with E-state index in [1.54, 1.807) is 12.0 Å². The topological polar surface area (TPSA) is 51.3 Å². The van der Waals surface area contributed by atoms with E-state index in [0.717, 1.165) is 21.3 Å². The molecule has 0 spiro atoms. The number of epoxide rings is 1. The van der Waals surface area contributed by atoms with Gasteiger partial charge in [0.25, 0.3) is 5.91 Å². The zero-order valence-electron chi connectivity index (χ0n) is 18.2. The second-order valence-corrected chi connectivity index (χ2v) is 9.51. The summed E-state index contributed by atoms with van der Waals surface area (Å²) in [5.41, 5.74) is 2.84. The van der Waals surface area contributed by atoms with Gasteiger partial charge in [-0.05, 0) is 44.2 Å². The summed E-state index contributed by atoms with van der Waals surface area (Å²) in [5, 5.41) is 0. The van der Waals surface area contributed by atoms with E-state index in [4.69, 9.17) is 14.2 Å². The first-order chi connectivity index (χ1) is 15.4. The van der Waals surface area contributed by atoms with Crippen molar-refractivity contribution >= 4 is 27.5 Å². The van der Waals surface area contributed by atoms with Crippen LogP contribution in [0.15, 0.2) is 71.2 Å². The van der Waals surface area contributed by atoms with Crippen molar-refractivity contribution in [1.82, 2.24) is 0 Å². The van der Waals surface area contributed by atoms with Crippen LogP contribution < -0.4 is 14.4 Å². The molecule has 1 saturated heterocycles. The number of halogens is 1. The highest BCUT2D eigenvalue weighted by atomic mass is 79.9. The Kier molecular flexibility index (Phi) is 5.22. The van der Waals surface area contributed by atoms with Gasteiger partial charge in [0.05, 0.1) is 13.7 Å². The molecule has 164 valence electrons. The summed E-state index contributed by atoms with van der Waals surface area (Å²) in [7, 11) is 1.64. The van der Waals surface area contributed by atoms with E-state index >= 15 is 0 Å². The van der Waals surface area contributed by atoms with E-state index < -0.39 is 5.60 Å². The van der Waals surface area contributed by atoms with Crippen molar-refractivity contribution in [3.63, 3.8) is 0 Å². The third kappa shape index (κ3) is 3.67. The van der Waals surface area contributed by atoms with Gasteiger partial charge < -0.3 is 19.1 Å². The second-order valence-electron chi connectivity index (χ2n) is 8.60. The average Bonchev–Trinajstić information content (AvgIpc) is 3.59. The molecule has 3 aromatic carbocycles. The van der Waals surface area contributed by atoms with Crippen LogP contribution in [0.25, 0.3) is 0 Å². The summed E-state index contributed by atoms with van der Waals surface area (Å²) < 4.78 is 18.9. The summed E-state index contributed by atoms with van der Waals surface area (Å²) in [4.78, 5) is 15.3. The molecule has 0 bridgehead atoms. The molecule has 0 radical (unpaired) electrons. The zero-order valence-corrected chi connectivity index (χ0v) is 19.8. The van der Waals surface area contributed by atoms with E-state index in [2.05, 4.69) is 15.9 Å². The van der Waals surface area contributed by atoms with Crippen molar-refractivity contribution in [1.29, 1.82) is 0 Å². The number of nitrogens with zero attached hydrogens (tertiary/aromatic N) is 1. The van der Waals surface area contributed by atoms with Gasteiger partial charge in [0.15, 0.2) is 11.5 Å². The molecule has 0 saturated carbocycles. The van der Waals surface area contributed by atoms with Crippen LogP contribution in [0.2, 0.25) is 0 Å². The van der Waals surface area contributed by atoms with Crippen LogP contribution in [0.4, 0.5) is 5.69 Å². The van der Waals surface area contributed by atoms with E-state index in [-0.39, 0.29) is 18.1 Å². The number of anilines is 1. The monoisotopic (exact) mass is 493 g/mol. The number of benzene rings is 3. The maximum absolute atomic E-state index is 13.5. The van der Waals surface area contributed by atoms with Crippen LogP contribution in [-0.4, -0.2) is 24.7 Å².